The molecule has 0 aliphatic carbocycles. The van der Waals surface area contributed by atoms with Gasteiger partial charge in [-0.3, -0.25) is 5.41 Å². The van der Waals surface area contributed by atoms with Gasteiger partial charge in [-0.25, -0.2) is 31.1 Å². The van der Waals surface area contributed by atoms with Crippen molar-refractivity contribution in [1.29, 1.82) is 5.41 Å². The topological polar surface area (TPSA) is 137 Å². The maximum absolute atomic E-state index is 13.3. The van der Waals surface area contributed by atoms with Gasteiger partial charge < -0.3 is 16.4 Å². The quantitative estimate of drug-likeness (QED) is 0.202. The molecule has 0 bridgehead atoms. The minimum Gasteiger partial charge on any atom is -0.384 e. The Bertz CT molecular complexity index is 1290. The predicted molar refractivity (Wildman–Crippen MR) is 117 cm³/mol. The number of hydrogen-bond donors (Lipinski definition) is 5. The molecule has 33 heavy (non-hydrogen) atoms. The molecule has 0 fully saturated rings. The summed E-state index contributed by atoms with van der Waals surface area (Å²) < 4.78 is 66.5. The molecule has 3 aromatic rings. The van der Waals surface area contributed by atoms with Crippen LogP contribution in [0.3, 0.4) is 0 Å². The minimum atomic E-state index is -4.05. The molecule has 0 aliphatic rings. The fourth-order valence-corrected chi connectivity index (χ4v) is 3.76. The van der Waals surface area contributed by atoms with E-state index in [0.29, 0.717) is 23.4 Å². The van der Waals surface area contributed by atoms with Crippen molar-refractivity contribution < 1.29 is 26.4 Å². The van der Waals surface area contributed by atoms with Gasteiger partial charge >= 0.3 is 6.03 Å². The zero-order chi connectivity index (χ0) is 24.2. The number of benzene rings is 3. The van der Waals surface area contributed by atoms with Crippen molar-refractivity contribution in [3.05, 3.63) is 89.2 Å². The summed E-state index contributed by atoms with van der Waals surface area (Å²) >= 11 is 0. The van der Waals surface area contributed by atoms with E-state index < -0.39 is 40.1 Å². The molecule has 6 N–H and O–H groups in total. The molecule has 0 unspecified atom stereocenters. The van der Waals surface area contributed by atoms with Crippen LogP contribution in [0.5, 0.6) is 0 Å². The number of sulfonamides is 1. The van der Waals surface area contributed by atoms with Gasteiger partial charge in [0.15, 0.2) is 17.5 Å². The third-order valence-electron chi connectivity index (χ3n) is 4.36. The second-order valence-corrected chi connectivity index (χ2v) is 8.56. The molecule has 0 saturated heterocycles. The number of rotatable bonds is 7. The van der Waals surface area contributed by atoms with E-state index in [0.717, 1.165) is 0 Å². The van der Waals surface area contributed by atoms with Crippen molar-refractivity contribution in [2.75, 3.05) is 10.6 Å². The monoisotopic (exact) mass is 477 g/mol. The Morgan fingerprint density at radius 1 is 0.909 bits per heavy atom. The van der Waals surface area contributed by atoms with Crippen LogP contribution in [-0.4, -0.2) is 20.3 Å². The van der Waals surface area contributed by atoms with Crippen molar-refractivity contribution >= 4 is 33.3 Å². The second kappa shape index (κ2) is 9.71. The molecule has 3 rings (SSSR count). The van der Waals surface area contributed by atoms with Crippen LogP contribution in [0, 0.1) is 22.9 Å². The third kappa shape index (κ3) is 6.08. The van der Waals surface area contributed by atoms with Crippen LogP contribution in [0.25, 0.3) is 0 Å². The summed E-state index contributed by atoms with van der Waals surface area (Å²) in [6.07, 6.45) is 0. The molecule has 12 heteroatoms. The van der Waals surface area contributed by atoms with E-state index in [9.17, 15) is 26.4 Å². The van der Waals surface area contributed by atoms with E-state index in [1.54, 1.807) is 18.2 Å². The highest BCUT2D eigenvalue weighted by atomic mass is 32.2. The lowest BCUT2D eigenvalue weighted by Gasteiger charge is -2.10. The van der Waals surface area contributed by atoms with E-state index in [1.165, 1.54) is 30.3 Å². The van der Waals surface area contributed by atoms with Gasteiger partial charge in [0.05, 0.1) is 4.90 Å². The van der Waals surface area contributed by atoms with E-state index in [4.69, 9.17) is 11.1 Å². The van der Waals surface area contributed by atoms with Gasteiger partial charge in [-0.2, -0.15) is 0 Å². The second-order valence-electron chi connectivity index (χ2n) is 6.80. The Morgan fingerprint density at radius 3 is 2.12 bits per heavy atom. The van der Waals surface area contributed by atoms with Crippen molar-refractivity contribution in [2.45, 2.75) is 11.4 Å². The van der Waals surface area contributed by atoms with Crippen molar-refractivity contribution in [2.24, 2.45) is 5.73 Å². The Morgan fingerprint density at radius 2 is 1.52 bits per heavy atom. The largest absolute Gasteiger partial charge is 0.384 e. The Labute approximate surface area is 187 Å². The van der Waals surface area contributed by atoms with Crippen LogP contribution in [0.4, 0.5) is 29.3 Å². The first kappa shape index (κ1) is 23.8. The molecular formula is C21H18F3N5O3S. The highest BCUT2D eigenvalue weighted by Gasteiger charge is 2.16. The zero-order valence-electron chi connectivity index (χ0n) is 16.8. The molecule has 3 aromatic carbocycles. The molecule has 172 valence electrons. The number of amidine groups is 1. The fraction of sp³-hybridized carbons (Fsp3) is 0.0476. The van der Waals surface area contributed by atoms with E-state index in [-0.39, 0.29) is 22.0 Å². The fourth-order valence-electron chi connectivity index (χ4n) is 2.75. The number of nitrogens with two attached hydrogens (primary N) is 1. The lowest BCUT2D eigenvalue weighted by molar-refractivity contribution is 0.262. The number of carbonyl (C=O) groups excluding carboxylic acids is 1. The molecule has 0 aromatic heterocycles. The molecular weight excluding hydrogens is 459 g/mol. The summed E-state index contributed by atoms with van der Waals surface area (Å²) in [5, 5.41) is 12.5. The first-order valence-corrected chi connectivity index (χ1v) is 10.8. The molecule has 0 spiro atoms. The van der Waals surface area contributed by atoms with Crippen LogP contribution in [-0.2, 0) is 16.6 Å². The molecule has 0 saturated carbocycles. The number of halogens is 3. The van der Waals surface area contributed by atoms with Gasteiger partial charge in [0.2, 0.25) is 10.0 Å². The normalized spacial score (nSPS) is 11.1. The number of carbonyl (C=O) groups is 1. The molecule has 0 atom stereocenters. The summed E-state index contributed by atoms with van der Waals surface area (Å²) in [6.45, 7) is -0.460. The first-order valence-electron chi connectivity index (χ1n) is 9.31. The standard InChI is InChI=1S/C21H18F3N5O3S/c22-17-8-12(9-18(23)19(17)24)11-27-33(31,32)16-6-4-14(5-7-16)28-21(30)29-15-3-1-2-13(10-15)20(25)26/h1-10,27H,11H2,(H3,25,26)(H2,28,29,30). The molecule has 8 nitrogen and oxygen atoms in total. The highest BCUT2D eigenvalue weighted by molar-refractivity contribution is 7.89. The smallest absolute Gasteiger partial charge is 0.323 e. The zero-order valence-corrected chi connectivity index (χ0v) is 17.6. The maximum atomic E-state index is 13.3. The number of urea groups is 1. The summed E-state index contributed by atoms with van der Waals surface area (Å²) in [4.78, 5) is 12.0. The third-order valence-corrected chi connectivity index (χ3v) is 5.78. The highest BCUT2D eigenvalue weighted by Crippen LogP contribution is 2.17. The average Bonchev–Trinajstić information content (AvgIpc) is 2.76. The van der Waals surface area contributed by atoms with E-state index >= 15 is 0 Å². The van der Waals surface area contributed by atoms with Crippen molar-refractivity contribution in [3.8, 4) is 0 Å². The maximum Gasteiger partial charge on any atom is 0.323 e. The van der Waals surface area contributed by atoms with Gasteiger partial charge in [-0.1, -0.05) is 12.1 Å². The predicted octanol–water partition coefficient (Wildman–Crippen LogP) is 3.51. The van der Waals surface area contributed by atoms with E-state index in [2.05, 4.69) is 15.4 Å². The SMILES string of the molecule is N=C(N)c1cccc(NC(=O)Nc2ccc(S(=O)(=O)NCc3cc(F)c(F)c(F)c3)cc2)c1. The Hall–Kier alpha value is -3.90. The van der Waals surface area contributed by atoms with Gasteiger partial charge in [-0.15, -0.1) is 0 Å². The Kier molecular flexibility index (Phi) is 6.99. The lowest BCUT2D eigenvalue weighted by atomic mass is 10.2. The number of hydrogen-bond acceptors (Lipinski definition) is 4. The van der Waals surface area contributed by atoms with Crippen molar-refractivity contribution in [3.63, 3.8) is 0 Å². The molecule has 2 amide bonds. The summed E-state index contributed by atoms with van der Waals surface area (Å²) in [6, 6.07) is 12.3. The molecule has 0 aliphatic heterocycles. The number of nitrogen functional groups attached to an aromatic ring is 1. The van der Waals surface area contributed by atoms with Crippen molar-refractivity contribution in [1.82, 2.24) is 4.72 Å². The average molecular weight is 477 g/mol. The van der Waals surface area contributed by atoms with Gasteiger partial charge in [0.1, 0.15) is 5.84 Å². The first-order chi connectivity index (χ1) is 15.5. The Balaban J connectivity index is 1.62. The van der Waals surface area contributed by atoms with Gasteiger partial charge in [0, 0.05) is 23.5 Å². The van der Waals surface area contributed by atoms with E-state index in [1.807, 2.05) is 0 Å². The van der Waals surface area contributed by atoms with Gasteiger partial charge in [0.25, 0.3) is 0 Å². The van der Waals surface area contributed by atoms with Crippen LogP contribution >= 0.6 is 0 Å². The lowest BCUT2D eigenvalue weighted by Crippen LogP contribution is -2.23. The van der Waals surface area contributed by atoms with Crippen LogP contribution in [0.2, 0.25) is 0 Å². The number of nitrogens with one attached hydrogen (secondary N) is 4. The van der Waals surface area contributed by atoms with Crippen LogP contribution in [0.15, 0.2) is 65.6 Å². The molecule has 0 heterocycles. The van der Waals surface area contributed by atoms with Crippen LogP contribution in [0.1, 0.15) is 11.1 Å². The summed E-state index contributed by atoms with van der Waals surface area (Å²) in [5.41, 5.74) is 6.43. The van der Waals surface area contributed by atoms with Crippen LogP contribution < -0.4 is 21.1 Å². The summed E-state index contributed by atoms with van der Waals surface area (Å²) in [5.74, 6) is -4.64. The molecule has 0 radical (unpaired) electrons. The number of amides is 2. The summed E-state index contributed by atoms with van der Waals surface area (Å²) in [7, 11) is -4.05. The van der Waals surface area contributed by atoms with Gasteiger partial charge in [-0.05, 0) is 54.1 Å². The number of anilines is 2. The minimum absolute atomic E-state index is 0.0984.